The summed E-state index contributed by atoms with van der Waals surface area (Å²) in [5.74, 6) is 0. The number of nitrogens with two attached hydrogens (primary N) is 1. The van der Waals surface area contributed by atoms with Crippen molar-refractivity contribution in [3.05, 3.63) is 34.9 Å². The van der Waals surface area contributed by atoms with Crippen LogP contribution in [0.5, 0.6) is 0 Å². The first kappa shape index (κ1) is 17.3. The Kier molecular flexibility index (Phi) is 6.79. The second-order valence-electron chi connectivity index (χ2n) is 4.84. The fourth-order valence-corrected chi connectivity index (χ4v) is 2.26. The van der Waals surface area contributed by atoms with Gasteiger partial charge in [0.15, 0.2) is 0 Å². The molecule has 0 spiro atoms. The predicted molar refractivity (Wildman–Crippen MR) is 75.8 cm³/mol. The molecule has 0 saturated heterocycles. The van der Waals surface area contributed by atoms with Crippen molar-refractivity contribution < 1.29 is 13.2 Å². The maximum absolute atomic E-state index is 12.4. The molecule has 0 aliphatic rings. The van der Waals surface area contributed by atoms with Crippen LogP contribution in [0.25, 0.3) is 0 Å². The first-order valence-electron chi connectivity index (χ1n) is 6.62. The van der Waals surface area contributed by atoms with Crippen molar-refractivity contribution in [3.8, 4) is 0 Å². The van der Waals surface area contributed by atoms with Crippen molar-refractivity contribution in [2.24, 2.45) is 5.73 Å². The first-order valence-corrected chi connectivity index (χ1v) is 6.99. The number of rotatable bonds is 7. The topological polar surface area (TPSA) is 29.3 Å². The minimum absolute atomic E-state index is 0.304. The van der Waals surface area contributed by atoms with Crippen LogP contribution in [0.1, 0.15) is 31.4 Å². The highest BCUT2D eigenvalue weighted by Gasteiger charge is 2.30. The van der Waals surface area contributed by atoms with Crippen molar-refractivity contribution in [1.29, 1.82) is 0 Å². The Morgan fingerprint density at radius 1 is 1.30 bits per heavy atom. The Balaban J connectivity index is 2.54. The van der Waals surface area contributed by atoms with Crippen LogP contribution in [0, 0.1) is 0 Å². The fraction of sp³-hybridized carbons (Fsp3) is 0.571. The van der Waals surface area contributed by atoms with Crippen molar-refractivity contribution >= 4 is 11.6 Å². The molecule has 2 N–H and O–H groups in total. The lowest BCUT2D eigenvalue weighted by Gasteiger charge is -2.24. The molecule has 1 unspecified atom stereocenters. The molecule has 0 bridgehead atoms. The van der Waals surface area contributed by atoms with Crippen LogP contribution in [-0.4, -0.2) is 30.7 Å². The lowest BCUT2D eigenvalue weighted by molar-refractivity contribution is -0.146. The smallest absolute Gasteiger partial charge is 0.324 e. The normalized spacial score (nSPS) is 13.8. The van der Waals surface area contributed by atoms with E-state index >= 15 is 0 Å². The predicted octanol–water partition coefficient (Wildman–Crippen LogP) is 4.00. The molecule has 1 aromatic carbocycles. The molecular formula is C14H20ClF3N2. The van der Waals surface area contributed by atoms with Crippen LogP contribution in [0.4, 0.5) is 13.2 Å². The van der Waals surface area contributed by atoms with Gasteiger partial charge in [0.05, 0.1) is 6.54 Å². The van der Waals surface area contributed by atoms with Crippen LogP contribution >= 0.6 is 11.6 Å². The third-order valence-corrected chi connectivity index (χ3v) is 3.21. The number of halogens is 4. The number of nitrogens with zero attached hydrogens (tertiary/aromatic N) is 1. The zero-order valence-electron chi connectivity index (χ0n) is 11.5. The van der Waals surface area contributed by atoms with Crippen molar-refractivity contribution in [2.45, 2.75) is 32.0 Å². The van der Waals surface area contributed by atoms with E-state index in [2.05, 4.69) is 0 Å². The van der Waals surface area contributed by atoms with Gasteiger partial charge in [-0.15, -0.1) is 0 Å². The van der Waals surface area contributed by atoms with Crippen molar-refractivity contribution in [3.63, 3.8) is 0 Å². The van der Waals surface area contributed by atoms with Crippen LogP contribution in [0.2, 0.25) is 5.02 Å². The minimum Gasteiger partial charge on any atom is -0.324 e. The number of alkyl halides is 3. The maximum atomic E-state index is 12.4. The Bertz CT molecular complexity index is 410. The standard InChI is InChI=1S/C14H20ClF3N2/c1-2-7-20(10-14(16,17)18)8-6-13(19)11-4-3-5-12(15)9-11/h3-5,9,13H,2,6-8,10,19H2,1H3. The summed E-state index contributed by atoms with van der Waals surface area (Å²) in [5.41, 5.74) is 6.85. The summed E-state index contributed by atoms with van der Waals surface area (Å²) in [7, 11) is 0. The molecule has 0 heterocycles. The van der Waals surface area contributed by atoms with E-state index in [0.717, 1.165) is 5.56 Å². The number of hydrogen-bond donors (Lipinski definition) is 1. The summed E-state index contributed by atoms with van der Waals surface area (Å²) < 4.78 is 37.3. The molecule has 2 nitrogen and oxygen atoms in total. The molecule has 0 fully saturated rings. The highest BCUT2D eigenvalue weighted by molar-refractivity contribution is 6.30. The van der Waals surface area contributed by atoms with Crippen LogP contribution in [0.15, 0.2) is 24.3 Å². The van der Waals surface area contributed by atoms with Gasteiger partial charge in [-0.1, -0.05) is 30.7 Å². The summed E-state index contributed by atoms with van der Waals surface area (Å²) in [6.45, 7) is 1.71. The molecule has 114 valence electrons. The summed E-state index contributed by atoms with van der Waals surface area (Å²) >= 11 is 5.87. The van der Waals surface area contributed by atoms with E-state index in [1.54, 1.807) is 18.2 Å². The molecule has 0 saturated carbocycles. The second-order valence-corrected chi connectivity index (χ2v) is 5.28. The first-order chi connectivity index (χ1) is 9.31. The molecule has 20 heavy (non-hydrogen) atoms. The lowest BCUT2D eigenvalue weighted by atomic mass is 10.0. The van der Waals surface area contributed by atoms with E-state index < -0.39 is 12.7 Å². The van der Waals surface area contributed by atoms with Gasteiger partial charge >= 0.3 is 6.18 Å². The Labute approximate surface area is 122 Å². The van der Waals surface area contributed by atoms with E-state index in [-0.39, 0.29) is 6.04 Å². The van der Waals surface area contributed by atoms with E-state index in [9.17, 15) is 13.2 Å². The van der Waals surface area contributed by atoms with Gasteiger partial charge in [-0.05, 0) is 37.1 Å². The highest BCUT2D eigenvalue weighted by Crippen LogP contribution is 2.21. The highest BCUT2D eigenvalue weighted by atomic mass is 35.5. The number of benzene rings is 1. The molecule has 1 rings (SSSR count). The average Bonchev–Trinajstić information content (AvgIpc) is 2.34. The maximum Gasteiger partial charge on any atom is 0.401 e. The largest absolute Gasteiger partial charge is 0.401 e. The van der Waals surface area contributed by atoms with E-state index in [1.165, 1.54) is 4.90 Å². The zero-order chi connectivity index (χ0) is 15.2. The molecule has 0 aliphatic carbocycles. The summed E-state index contributed by atoms with van der Waals surface area (Å²) in [6.07, 6.45) is -3.02. The van der Waals surface area contributed by atoms with Crippen molar-refractivity contribution in [2.75, 3.05) is 19.6 Å². The number of hydrogen-bond acceptors (Lipinski definition) is 2. The monoisotopic (exact) mass is 308 g/mol. The van der Waals surface area contributed by atoms with E-state index in [1.807, 2.05) is 13.0 Å². The summed E-state index contributed by atoms with van der Waals surface area (Å²) in [5, 5.41) is 0.582. The fourth-order valence-electron chi connectivity index (χ4n) is 2.07. The van der Waals surface area contributed by atoms with E-state index in [4.69, 9.17) is 17.3 Å². The molecule has 6 heteroatoms. The van der Waals surface area contributed by atoms with Gasteiger partial charge < -0.3 is 5.73 Å². The Morgan fingerprint density at radius 3 is 2.55 bits per heavy atom. The molecule has 1 atom stereocenters. The minimum atomic E-state index is -4.17. The summed E-state index contributed by atoms with van der Waals surface area (Å²) in [4.78, 5) is 1.39. The Morgan fingerprint density at radius 2 is 2.00 bits per heavy atom. The van der Waals surface area contributed by atoms with Gasteiger partial charge in [0.2, 0.25) is 0 Å². The molecule has 1 aromatic rings. The van der Waals surface area contributed by atoms with E-state index in [0.29, 0.717) is 31.0 Å². The molecule has 0 amide bonds. The molecule has 0 aliphatic heterocycles. The lowest BCUT2D eigenvalue weighted by Crippen LogP contribution is -2.36. The average molecular weight is 309 g/mol. The second kappa shape index (κ2) is 7.86. The molecular weight excluding hydrogens is 289 g/mol. The van der Waals surface area contributed by atoms with Gasteiger partial charge in [-0.25, -0.2) is 0 Å². The quantitative estimate of drug-likeness (QED) is 0.825. The van der Waals surface area contributed by atoms with Crippen LogP contribution in [-0.2, 0) is 0 Å². The SMILES string of the molecule is CCCN(CCC(N)c1cccc(Cl)c1)CC(F)(F)F. The molecule has 0 aromatic heterocycles. The van der Waals surface area contributed by atoms with Crippen LogP contribution < -0.4 is 5.73 Å². The third-order valence-electron chi connectivity index (χ3n) is 2.98. The van der Waals surface area contributed by atoms with Gasteiger partial charge in [0, 0.05) is 17.6 Å². The van der Waals surface area contributed by atoms with Gasteiger partial charge in [0.1, 0.15) is 0 Å². The Hall–Kier alpha value is -0.780. The van der Waals surface area contributed by atoms with Gasteiger partial charge in [-0.3, -0.25) is 4.90 Å². The van der Waals surface area contributed by atoms with Crippen molar-refractivity contribution in [1.82, 2.24) is 4.90 Å². The van der Waals surface area contributed by atoms with Gasteiger partial charge in [-0.2, -0.15) is 13.2 Å². The zero-order valence-corrected chi connectivity index (χ0v) is 12.2. The van der Waals surface area contributed by atoms with Crippen LogP contribution in [0.3, 0.4) is 0 Å². The van der Waals surface area contributed by atoms with Gasteiger partial charge in [0.25, 0.3) is 0 Å². The summed E-state index contributed by atoms with van der Waals surface area (Å²) in [6, 6.07) is 6.81. The molecule has 0 radical (unpaired) electrons. The third kappa shape index (κ3) is 6.59.